The molecule has 0 amide bonds. The quantitative estimate of drug-likeness (QED) is 0.529. The van der Waals surface area contributed by atoms with Crippen molar-refractivity contribution in [3.63, 3.8) is 0 Å². The lowest BCUT2D eigenvalue weighted by atomic mass is 9.97. The van der Waals surface area contributed by atoms with Crippen molar-refractivity contribution in [2.24, 2.45) is 0 Å². The number of likely N-dealkylation sites (N-methyl/N-ethyl adjacent to an activating group) is 1. The van der Waals surface area contributed by atoms with E-state index >= 15 is 0 Å². The fourth-order valence-corrected chi connectivity index (χ4v) is 5.79. The number of hydrogen-bond acceptors (Lipinski definition) is 5. The van der Waals surface area contributed by atoms with Gasteiger partial charge >= 0.3 is 6.18 Å². The van der Waals surface area contributed by atoms with Gasteiger partial charge in [0, 0.05) is 41.6 Å². The average Bonchev–Trinajstić information content (AvgIpc) is 3.05. The molecule has 2 aliphatic rings. The van der Waals surface area contributed by atoms with Gasteiger partial charge in [0.25, 0.3) is 0 Å². The number of fused-ring (bicyclic) bond motifs is 3. The second kappa shape index (κ2) is 8.41. The predicted molar refractivity (Wildman–Crippen MR) is 129 cm³/mol. The van der Waals surface area contributed by atoms with Crippen molar-refractivity contribution in [1.82, 2.24) is 15.1 Å². The first-order valence-corrected chi connectivity index (χ1v) is 11.8. The molecule has 5 rings (SSSR count). The topological polar surface area (TPSA) is 44.3 Å². The zero-order valence-electron chi connectivity index (χ0n) is 19.9. The van der Waals surface area contributed by atoms with Gasteiger partial charge in [-0.2, -0.15) is 18.3 Å². The maximum Gasteiger partial charge on any atom is 0.416 e. The molecule has 1 aromatic heterocycles. The third-order valence-corrected chi connectivity index (χ3v) is 7.41. The van der Waals surface area contributed by atoms with Gasteiger partial charge in [-0.15, -0.1) is 5.10 Å². The molecule has 0 aliphatic carbocycles. The summed E-state index contributed by atoms with van der Waals surface area (Å²) in [5, 5.41) is 14.0. The fourth-order valence-electron chi connectivity index (χ4n) is 5.79. The highest BCUT2D eigenvalue weighted by Gasteiger charge is 2.39. The predicted octanol–water partition coefficient (Wildman–Crippen LogP) is 5.72. The van der Waals surface area contributed by atoms with Crippen LogP contribution in [0.1, 0.15) is 48.2 Å². The molecule has 2 aliphatic heterocycles. The fraction of sp³-hybridized carbons (Fsp3) is 0.462. The molecule has 0 saturated carbocycles. The van der Waals surface area contributed by atoms with E-state index in [1.807, 2.05) is 13.8 Å². The van der Waals surface area contributed by atoms with E-state index in [0.29, 0.717) is 23.5 Å². The molecule has 3 aromatic rings. The highest BCUT2D eigenvalue weighted by atomic mass is 19.4. The van der Waals surface area contributed by atoms with Crippen molar-refractivity contribution in [2.75, 3.05) is 30.4 Å². The normalized spacial score (nSPS) is 21.8. The maximum absolute atomic E-state index is 13.4. The molecular formula is C26H30F3N5. The van der Waals surface area contributed by atoms with Gasteiger partial charge in [-0.25, -0.2) is 0 Å². The molecule has 1 N–H and O–H groups in total. The Balaban J connectivity index is 1.51. The highest BCUT2D eigenvalue weighted by Crippen LogP contribution is 2.38. The van der Waals surface area contributed by atoms with E-state index in [9.17, 15) is 13.2 Å². The van der Waals surface area contributed by atoms with E-state index in [1.54, 1.807) is 6.07 Å². The maximum atomic E-state index is 13.4. The van der Waals surface area contributed by atoms with Gasteiger partial charge in [-0.1, -0.05) is 18.2 Å². The van der Waals surface area contributed by atoms with Crippen LogP contribution in [0.4, 0.5) is 24.7 Å². The van der Waals surface area contributed by atoms with Crippen LogP contribution in [0.5, 0.6) is 0 Å². The molecule has 3 heterocycles. The Morgan fingerprint density at radius 1 is 1.00 bits per heavy atom. The Labute approximate surface area is 198 Å². The van der Waals surface area contributed by atoms with Crippen molar-refractivity contribution < 1.29 is 13.2 Å². The minimum absolute atomic E-state index is 0.231. The second-order valence-corrected chi connectivity index (χ2v) is 9.76. The Kier molecular flexibility index (Phi) is 5.67. The molecular weight excluding hydrogens is 439 g/mol. The highest BCUT2D eigenvalue weighted by molar-refractivity contribution is 5.95. The number of benzene rings is 2. The Hall–Kier alpha value is -2.87. The summed E-state index contributed by atoms with van der Waals surface area (Å²) in [7, 11) is 2.18. The number of hydrogen-bond donors (Lipinski definition) is 1. The Morgan fingerprint density at radius 2 is 1.71 bits per heavy atom. The van der Waals surface area contributed by atoms with E-state index in [2.05, 4.69) is 50.6 Å². The lowest BCUT2D eigenvalue weighted by molar-refractivity contribution is -0.138. The standard InChI is InChI=1S/C26H30F3N5/c1-15-21(6-5-7-24(15)26(27,28)29)16(2)30-25-23-12-18(10-11-22(23)17(3)31-32-25)34-19-8-9-20(34)14-33(4)13-19/h5-7,10-12,16,19-20H,8-9,13-14H2,1-4H3,(H,30,32). The molecule has 2 aromatic carbocycles. The number of alkyl halides is 3. The van der Waals surface area contributed by atoms with E-state index in [0.717, 1.165) is 35.6 Å². The number of nitrogens with zero attached hydrogens (tertiary/aromatic N) is 4. The summed E-state index contributed by atoms with van der Waals surface area (Å²) in [6.07, 6.45) is -2.00. The van der Waals surface area contributed by atoms with Gasteiger partial charge in [0.15, 0.2) is 5.82 Å². The summed E-state index contributed by atoms with van der Waals surface area (Å²) in [4.78, 5) is 4.95. The summed E-state index contributed by atoms with van der Waals surface area (Å²) in [6, 6.07) is 11.4. The van der Waals surface area contributed by atoms with Crippen LogP contribution in [-0.2, 0) is 6.18 Å². The largest absolute Gasteiger partial charge is 0.416 e. The van der Waals surface area contributed by atoms with Crippen molar-refractivity contribution >= 4 is 22.3 Å². The number of aryl methyl sites for hydroxylation is 1. The number of piperazine rings is 1. The summed E-state index contributed by atoms with van der Waals surface area (Å²) in [5.41, 5.74) is 2.22. The van der Waals surface area contributed by atoms with Crippen molar-refractivity contribution in [3.05, 3.63) is 58.8 Å². The Morgan fingerprint density at radius 3 is 2.38 bits per heavy atom. The summed E-state index contributed by atoms with van der Waals surface area (Å²) >= 11 is 0. The molecule has 8 heteroatoms. The zero-order valence-corrected chi connectivity index (χ0v) is 19.9. The summed E-state index contributed by atoms with van der Waals surface area (Å²) in [6.45, 7) is 7.42. The minimum Gasteiger partial charge on any atom is -0.363 e. The van der Waals surface area contributed by atoms with Gasteiger partial charge in [0.2, 0.25) is 0 Å². The van der Waals surface area contributed by atoms with Gasteiger partial charge in [0.05, 0.1) is 17.3 Å². The molecule has 2 fully saturated rings. The van der Waals surface area contributed by atoms with Crippen molar-refractivity contribution in [3.8, 4) is 0 Å². The number of aromatic nitrogens is 2. The van der Waals surface area contributed by atoms with Gasteiger partial charge in [-0.3, -0.25) is 0 Å². The minimum atomic E-state index is -4.38. The summed E-state index contributed by atoms with van der Waals surface area (Å²) < 4.78 is 40.3. The van der Waals surface area contributed by atoms with E-state index in [1.165, 1.54) is 31.5 Å². The number of nitrogens with one attached hydrogen (secondary N) is 1. The lowest BCUT2D eigenvalue weighted by Gasteiger charge is -2.41. The van der Waals surface area contributed by atoms with Crippen LogP contribution in [-0.4, -0.2) is 47.3 Å². The van der Waals surface area contributed by atoms with Crippen molar-refractivity contribution in [2.45, 2.75) is 57.9 Å². The van der Waals surface area contributed by atoms with Crippen LogP contribution in [0.3, 0.4) is 0 Å². The third-order valence-electron chi connectivity index (χ3n) is 7.41. The summed E-state index contributed by atoms with van der Waals surface area (Å²) in [5.74, 6) is 0.591. The Bertz CT molecular complexity index is 1210. The average molecular weight is 470 g/mol. The first-order valence-electron chi connectivity index (χ1n) is 11.8. The monoisotopic (exact) mass is 469 g/mol. The molecule has 0 radical (unpaired) electrons. The van der Waals surface area contributed by atoms with Crippen LogP contribution < -0.4 is 10.2 Å². The van der Waals surface area contributed by atoms with Crippen LogP contribution >= 0.6 is 0 Å². The number of rotatable bonds is 4. The van der Waals surface area contributed by atoms with Crippen LogP contribution in [0.25, 0.3) is 10.8 Å². The van der Waals surface area contributed by atoms with Gasteiger partial charge in [-0.05, 0) is 70.0 Å². The molecule has 2 saturated heterocycles. The first kappa shape index (κ1) is 22.9. The molecule has 5 nitrogen and oxygen atoms in total. The van der Waals surface area contributed by atoms with Gasteiger partial charge < -0.3 is 15.1 Å². The van der Waals surface area contributed by atoms with Crippen LogP contribution in [0, 0.1) is 13.8 Å². The lowest BCUT2D eigenvalue weighted by Crippen LogP contribution is -2.52. The van der Waals surface area contributed by atoms with E-state index < -0.39 is 11.7 Å². The zero-order chi connectivity index (χ0) is 24.2. The van der Waals surface area contributed by atoms with E-state index in [4.69, 9.17) is 0 Å². The molecule has 180 valence electrons. The molecule has 3 unspecified atom stereocenters. The van der Waals surface area contributed by atoms with Crippen LogP contribution in [0.15, 0.2) is 36.4 Å². The van der Waals surface area contributed by atoms with Crippen molar-refractivity contribution in [1.29, 1.82) is 0 Å². The number of halogens is 3. The molecule has 2 bridgehead atoms. The van der Waals surface area contributed by atoms with Crippen LogP contribution in [0.2, 0.25) is 0 Å². The first-order chi connectivity index (χ1) is 16.1. The SMILES string of the molecule is Cc1c(C(C)Nc2nnc(C)c3ccc(N4C5CCC4CN(C)C5)cc23)cccc1C(F)(F)F. The third kappa shape index (κ3) is 3.98. The molecule has 34 heavy (non-hydrogen) atoms. The number of likely N-dealkylation sites (tertiary alicyclic amines) is 1. The second-order valence-electron chi connectivity index (χ2n) is 9.76. The smallest absolute Gasteiger partial charge is 0.363 e. The van der Waals surface area contributed by atoms with Gasteiger partial charge in [0.1, 0.15) is 0 Å². The van der Waals surface area contributed by atoms with E-state index in [-0.39, 0.29) is 11.6 Å². The molecule has 0 spiro atoms. The molecule has 3 atom stereocenters. The number of anilines is 2.